The van der Waals surface area contributed by atoms with Crippen LogP contribution in [0.3, 0.4) is 0 Å². The third-order valence-corrected chi connectivity index (χ3v) is 3.34. The molecular formula is C14H28N2O3. The Bertz CT molecular complexity index is 280. The van der Waals surface area contributed by atoms with Crippen LogP contribution in [0.2, 0.25) is 0 Å². The zero-order valence-corrected chi connectivity index (χ0v) is 12.5. The van der Waals surface area contributed by atoms with Crippen LogP contribution in [0.1, 0.15) is 47.0 Å². The molecule has 0 aromatic rings. The largest absolute Gasteiger partial charge is 0.481 e. The van der Waals surface area contributed by atoms with E-state index in [0.717, 1.165) is 13.0 Å². The van der Waals surface area contributed by atoms with Crippen molar-refractivity contribution in [1.82, 2.24) is 10.6 Å². The Morgan fingerprint density at radius 1 is 1.11 bits per heavy atom. The van der Waals surface area contributed by atoms with Gasteiger partial charge in [0, 0.05) is 12.5 Å². The van der Waals surface area contributed by atoms with Crippen LogP contribution in [-0.4, -0.2) is 36.1 Å². The first-order valence-electron chi connectivity index (χ1n) is 7.04. The van der Waals surface area contributed by atoms with Crippen LogP contribution in [-0.2, 0) is 9.59 Å². The molecule has 0 radical (unpaired) electrons. The number of amides is 1. The predicted octanol–water partition coefficient (Wildman–Crippen LogP) is 1.63. The Hall–Kier alpha value is -1.10. The third kappa shape index (κ3) is 10.5. The van der Waals surface area contributed by atoms with Crippen molar-refractivity contribution in [3.8, 4) is 0 Å². The molecule has 0 aliphatic carbocycles. The Labute approximate surface area is 116 Å². The van der Waals surface area contributed by atoms with E-state index in [1.54, 1.807) is 0 Å². The molecule has 0 heterocycles. The summed E-state index contributed by atoms with van der Waals surface area (Å²) >= 11 is 0. The first-order valence-corrected chi connectivity index (χ1v) is 7.04. The molecule has 19 heavy (non-hydrogen) atoms. The number of nitrogens with one attached hydrogen (secondary N) is 2. The second-order valence-electron chi connectivity index (χ2n) is 5.60. The van der Waals surface area contributed by atoms with Gasteiger partial charge in [-0.25, -0.2) is 0 Å². The molecule has 5 heteroatoms. The van der Waals surface area contributed by atoms with Crippen LogP contribution in [0.4, 0.5) is 0 Å². The molecule has 0 rings (SSSR count). The highest BCUT2D eigenvalue weighted by Crippen LogP contribution is 2.08. The number of carboxylic acids is 1. The van der Waals surface area contributed by atoms with E-state index in [9.17, 15) is 9.59 Å². The molecule has 0 fully saturated rings. The average Bonchev–Trinajstić information content (AvgIpc) is 2.31. The van der Waals surface area contributed by atoms with Crippen LogP contribution in [0.15, 0.2) is 0 Å². The van der Waals surface area contributed by atoms with Crippen molar-refractivity contribution in [2.24, 2.45) is 11.8 Å². The average molecular weight is 272 g/mol. The molecule has 3 N–H and O–H groups in total. The maximum absolute atomic E-state index is 11.6. The van der Waals surface area contributed by atoms with Crippen molar-refractivity contribution in [2.45, 2.75) is 53.0 Å². The lowest BCUT2D eigenvalue weighted by Crippen LogP contribution is -2.41. The molecule has 0 aliphatic rings. The van der Waals surface area contributed by atoms with E-state index in [4.69, 9.17) is 5.11 Å². The summed E-state index contributed by atoms with van der Waals surface area (Å²) < 4.78 is 0. The van der Waals surface area contributed by atoms with Crippen molar-refractivity contribution in [3.05, 3.63) is 0 Å². The minimum absolute atomic E-state index is 0.0133. The van der Waals surface area contributed by atoms with Crippen LogP contribution in [0.5, 0.6) is 0 Å². The maximum atomic E-state index is 11.6. The van der Waals surface area contributed by atoms with E-state index in [0.29, 0.717) is 24.8 Å². The highest BCUT2D eigenvalue weighted by Gasteiger charge is 2.10. The van der Waals surface area contributed by atoms with Gasteiger partial charge >= 0.3 is 5.97 Å². The monoisotopic (exact) mass is 272 g/mol. The Balaban J connectivity index is 3.58. The lowest BCUT2D eigenvalue weighted by Gasteiger charge is -2.17. The van der Waals surface area contributed by atoms with E-state index in [1.807, 2.05) is 13.8 Å². The molecule has 0 spiro atoms. The summed E-state index contributed by atoms with van der Waals surface area (Å²) in [5, 5.41) is 14.6. The number of carbonyl (C=O) groups is 2. The molecular weight excluding hydrogens is 244 g/mol. The first-order chi connectivity index (χ1) is 8.82. The Kier molecular flexibility index (Phi) is 9.21. The zero-order valence-electron chi connectivity index (χ0n) is 12.5. The minimum atomic E-state index is -0.748. The summed E-state index contributed by atoms with van der Waals surface area (Å²) in [6.45, 7) is 9.24. The number of hydrogen-bond acceptors (Lipinski definition) is 3. The highest BCUT2D eigenvalue weighted by atomic mass is 16.4. The molecule has 112 valence electrons. The molecule has 2 atom stereocenters. The van der Waals surface area contributed by atoms with Crippen molar-refractivity contribution in [2.75, 3.05) is 13.1 Å². The number of rotatable bonds is 10. The van der Waals surface area contributed by atoms with Gasteiger partial charge in [0.2, 0.25) is 5.91 Å². The fourth-order valence-corrected chi connectivity index (χ4v) is 1.54. The van der Waals surface area contributed by atoms with Gasteiger partial charge in [0.05, 0.1) is 6.54 Å². The quantitative estimate of drug-likeness (QED) is 0.528. The van der Waals surface area contributed by atoms with Crippen molar-refractivity contribution >= 4 is 11.9 Å². The van der Waals surface area contributed by atoms with Gasteiger partial charge in [0.1, 0.15) is 0 Å². The molecule has 0 saturated heterocycles. The number of carbonyl (C=O) groups excluding carboxylic acids is 1. The topological polar surface area (TPSA) is 78.4 Å². The van der Waals surface area contributed by atoms with Gasteiger partial charge < -0.3 is 15.7 Å². The molecule has 0 aromatic carbocycles. The molecule has 0 aromatic heterocycles. The van der Waals surface area contributed by atoms with Crippen molar-refractivity contribution in [1.29, 1.82) is 0 Å². The standard InChI is InChI=1S/C14H28N2O3/c1-10(2)12(4)16-13(17)9-15-8-7-11(3)5-6-14(18)19/h10-12,15H,5-9H2,1-4H3,(H,16,17)(H,18,19). The predicted molar refractivity (Wildman–Crippen MR) is 76.0 cm³/mol. The molecule has 5 nitrogen and oxygen atoms in total. The van der Waals surface area contributed by atoms with Gasteiger partial charge in [0.25, 0.3) is 0 Å². The fraction of sp³-hybridized carbons (Fsp3) is 0.857. The smallest absolute Gasteiger partial charge is 0.303 e. The highest BCUT2D eigenvalue weighted by molar-refractivity contribution is 5.78. The lowest BCUT2D eigenvalue weighted by atomic mass is 10.0. The van der Waals surface area contributed by atoms with Crippen molar-refractivity contribution in [3.63, 3.8) is 0 Å². The molecule has 0 bridgehead atoms. The van der Waals surface area contributed by atoms with E-state index in [1.165, 1.54) is 0 Å². The zero-order chi connectivity index (χ0) is 14.8. The van der Waals surface area contributed by atoms with Crippen LogP contribution >= 0.6 is 0 Å². The van der Waals surface area contributed by atoms with Gasteiger partial charge in [-0.2, -0.15) is 0 Å². The van der Waals surface area contributed by atoms with Gasteiger partial charge in [-0.3, -0.25) is 9.59 Å². The van der Waals surface area contributed by atoms with Gasteiger partial charge in [-0.05, 0) is 38.1 Å². The summed E-state index contributed by atoms with van der Waals surface area (Å²) in [5.74, 6) is 0.0579. The number of carboxylic acid groups (broad SMARTS) is 1. The number of aliphatic carboxylic acids is 1. The maximum Gasteiger partial charge on any atom is 0.303 e. The Morgan fingerprint density at radius 3 is 2.26 bits per heavy atom. The van der Waals surface area contributed by atoms with E-state index in [-0.39, 0.29) is 18.4 Å². The summed E-state index contributed by atoms with van der Waals surface area (Å²) in [6.07, 6.45) is 1.79. The van der Waals surface area contributed by atoms with Gasteiger partial charge in [0.15, 0.2) is 0 Å². The van der Waals surface area contributed by atoms with Crippen molar-refractivity contribution < 1.29 is 14.7 Å². The summed E-state index contributed by atoms with van der Waals surface area (Å²) in [7, 11) is 0. The summed E-state index contributed by atoms with van der Waals surface area (Å²) in [4.78, 5) is 22.0. The molecule has 0 aliphatic heterocycles. The van der Waals surface area contributed by atoms with E-state index < -0.39 is 5.97 Å². The van der Waals surface area contributed by atoms with Crippen LogP contribution < -0.4 is 10.6 Å². The minimum Gasteiger partial charge on any atom is -0.481 e. The second-order valence-corrected chi connectivity index (χ2v) is 5.60. The normalized spacial score (nSPS) is 14.2. The third-order valence-electron chi connectivity index (χ3n) is 3.34. The van der Waals surface area contributed by atoms with E-state index in [2.05, 4.69) is 24.5 Å². The second kappa shape index (κ2) is 9.78. The summed E-state index contributed by atoms with van der Waals surface area (Å²) in [5.41, 5.74) is 0. The molecule has 1 amide bonds. The van der Waals surface area contributed by atoms with Gasteiger partial charge in [-0.15, -0.1) is 0 Å². The SMILES string of the molecule is CC(CCNCC(=O)NC(C)C(C)C)CCC(=O)O. The fourth-order valence-electron chi connectivity index (χ4n) is 1.54. The van der Waals surface area contributed by atoms with Crippen LogP contribution in [0.25, 0.3) is 0 Å². The first kappa shape index (κ1) is 17.9. The van der Waals surface area contributed by atoms with E-state index >= 15 is 0 Å². The van der Waals surface area contributed by atoms with Crippen LogP contribution in [0, 0.1) is 11.8 Å². The molecule has 0 saturated carbocycles. The summed E-state index contributed by atoms with van der Waals surface area (Å²) in [6, 6.07) is 0.184. The molecule has 2 unspecified atom stereocenters. The number of hydrogen-bond donors (Lipinski definition) is 3. The van der Waals surface area contributed by atoms with Gasteiger partial charge in [-0.1, -0.05) is 20.8 Å². The lowest BCUT2D eigenvalue weighted by molar-refractivity contribution is -0.137. The Morgan fingerprint density at radius 2 is 1.74 bits per heavy atom.